The molecule has 8 nitrogen and oxygen atoms in total. The number of aromatic hydroxyl groups is 1. The normalized spacial score (nSPS) is 17.1. The van der Waals surface area contributed by atoms with Crippen molar-refractivity contribution in [3.63, 3.8) is 0 Å². The van der Waals surface area contributed by atoms with E-state index < -0.39 is 5.44 Å². The molecular weight excluding hydrogens is 468 g/mol. The summed E-state index contributed by atoms with van der Waals surface area (Å²) in [7, 11) is 7.00. The average molecular weight is 497 g/mol. The minimum absolute atomic E-state index is 0.0454. The van der Waals surface area contributed by atoms with E-state index in [2.05, 4.69) is 53.4 Å². The van der Waals surface area contributed by atoms with E-state index in [1.165, 1.54) is 18.3 Å². The van der Waals surface area contributed by atoms with Gasteiger partial charge in [0.15, 0.2) is 0 Å². The molecule has 37 heavy (non-hydrogen) atoms. The molecule has 5 rings (SSSR count). The SMILES string of the molecule is [B]C(Nc1cc(O)c2ncc(C#N)c(NCC(C)(C)C)c2c1)(C1=CN(C2CC2)NN1)c1ccc(F)cc1. The zero-order valence-corrected chi connectivity index (χ0v) is 21.1. The number of anilines is 2. The molecule has 0 spiro atoms. The van der Waals surface area contributed by atoms with Gasteiger partial charge in [0.2, 0.25) is 0 Å². The van der Waals surface area contributed by atoms with Gasteiger partial charge < -0.3 is 21.2 Å². The standard InChI is InChI=1S/C27H29BFN7O/c1-26(2,3)15-32-24-16(12-30)13-31-25-21(24)10-19(11-22(25)37)33-27(28,17-4-6-18(29)7-5-17)23-14-36(35-34-23)20-8-9-20/h4-7,10-11,13-14,20,33-35,37H,8-9,15H2,1-3H3,(H,31,32). The lowest BCUT2D eigenvalue weighted by molar-refractivity contribution is 0.260. The fourth-order valence-electron chi connectivity index (χ4n) is 4.30. The van der Waals surface area contributed by atoms with Crippen molar-refractivity contribution in [3.8, 4) is 11.8 Å². The van der Waals surface area contributed by atoms with Crippen LogP contribution in [0.4, 0.5) is 15.8 Å². The number of phenolic OH excluding ortho intramolecular Hbond substituents is 1. The quantitative estimate of drug-likeness (QED) is 0.310. The summed E-state index contributed by atoms with van der Waals surface area (Å²) in [5.41, 5.74) is 7.99. The third-order valence-corrected chi connectivity index (χ3v) is 6.46. The third-order valence-electron chi connectivity index (χ3n) is 6.46. The zero-order chi connectivity index (χ0) is 26.4. The predicted octanol–water partition coefficient (Wildman–Crippen LogP) is 4.17. The number of rotatable bonds is 7. The van der Waals surface area contributed by atoms with E-state index in [1.807, 2.05) is 11.2 Å². The van der Waals surface area contributed by atoms with Gasteiger partial charge in [0.05, 0.1) is 22.4 Å². The number of halogens is 1. The van der Waals surface area contributed by atoms with Crippen molar-refractivity contribution < 1.29 is 9.50 Å². The Hall–Kier alpha value is -3.97. The summed E-state index contributed by atoms with van der Waals surface area (Å²) < 4.78 is 13.8. The molecule has 2 heterocycles. The maximum absolute atomic E-state index is 13.8. The van der Waals surface area contributed by atoms with Crippen LogP contribution >= 0.6 is 0 Å². The van der Waals surface area contributed by atoms with Crippen LogP contribution in [0.1, 0.15) is 44.7 Å². The molecule has 2 aromatic carbocycles. The zero-order valence-electron chi connectivity index (χ0n) is 21.1. The van der Waals surface area contributed by atoms with E-state index >= 15 is 0 Å². The number of nitrogens with zero attached hydrogens (tertiary/aromatic N) is 3. The Morgan fingerprint density at radius 2 is 1.97 bits per heavy atom. The van der Waals surface area contributed by atoms with Crippen LogP contribution in [0.25, 0.3) is 10.9 Å². The van der Waals surface area contributed by atoms with E-state index in [9.17, 15) is 14.8 Å². The van der Waals surface area contributed by atoms with Gasteiger partial charge in [-0.25, -0.2) is 4.39 Å². The number of nitrogens with one attached hydrogen (secondary N) is 4. The Kier molecular flexibility index (Phi) is 6.12. The Morgan fingerprint density at radius 3 is 2.62 bits per heavy atom. The number of aromatic nitrogens is 1. The van der Waals surface area contributed by atoms with Crippen molar-refractivity contribution in [2.45, 2.75) is 45.1 Å². The van der Waals surface area contributed by atoms with E-state index in [-0.39, 0.29) is 17.0 Å². The summed E-state index contributed by atoms with van der Waals surface area (Å²) in [6, 6.07) is 11.9. The summed E-state index contributed by atoms with van der Waals surface area (Å²) in [4.78, 5) is 4.32. The van der Waals surface area contributed by atoms with Crippen molar-refractivity contribution in [1.82, 2.24) is 21.0 Å². The van der Waals surface area contributed by atoms with E-state index in [4.69, 9.17) is 7.85 Å². The molecule has 1 saturated carbocycles. The Balaban J connectivity index is 1.60. The molecule has 2 radical (unpaired) electrons. The molecule has 1 atom stereocenters. The molecule has 1 unspecified atom stereocenters. The predicted molar refractivity (Wildman–Crippen MR) is 143 cm³/mol. The van der Waals surface area contributed by atoms with Gasteiger partial charge >= 0.3 is 0 Å². The van der Waals surface area contributed by atoms with Crippen LogP contribution in [0.3, 0.4) is 0 Å². The van der Waals surface area contributed by atoms with Crippen LogP contribution in [0.2, 0.25) is 0 Å². The molecule has 0 amide bonds. The fraction of sp³-hybridized carbons (Fsp3) is 0.333. The first-order chi connectivity index (χ1) is 17.6. The first-order valence-corrected chi connectivity index (χ1v) is 12.2. The van der Waals surface area contributed by atoms with Crippen LogP contribution in [0.15, 0.2) is 54.5 Å². The lowest BCUT2D eigenvalue weighted by Gasteiger charge is -2.34. The van der Waals surface area contributed by atoms with Gasteiger partial charge in [0, 0.05) is 42.1 Å². The number of fused-ring (bicyclic) bond motifs is 1. The van der Waals surface area contributed by atoms with Gasteiger partial charge in [-0.15, -0.1) is 5.53 Å². The fourth-order valence-corrected chi connectivity index (χ4v) is 4.30. The maximum atomic E-state index is 13.8. The largest absolute Gasteiger partial charge is 0.506 e. The van der Waals surface area contributed by atoms with Crippen molar-refractivity contribution in [2.24, 2.45) is 5.41 Å². The number of nitriles is 1. The highest BCUT2D eigenvalue weighted by Gasteiger charge is 2.37. The first-order valence-electron chi connectivity index (χ1n) is 12.2. The summed E-state index contributed by atoms with van der Waals surface area (Å²) >= 11 is 0. The van der Waals surface area contributed by atoms with Crippen LogP contribution < -0.4 is 21.6 Å². The minimum atomic E-state index is -1.30. The molecule has 0 bridgehead atoms. The molecule has 1 aliphatic carbocycles. The molecule has 3 aromatic rings. The molecule has 1 fully saturated rings. The van der Waals surface area contributed by atoms with Crippen molar-refractivity contribution in [2.75, 3.05) is 17.2 Å². The maximum Gasteiger partial charge on any atom is 0.143 e. The summed E-state index contributed by atoms with van der Waals surface area (Å²) in [5, 5.41) is 29.9. The van der Waals surface area contributed by atoms with Crippen LogP contribution in [0, 0.1) is 22.6 Å². The highest BCUT2D eigenvalue weighted by atomic mass is 19.1. The van der Waals surface area contributed by atoms with Gasteiger partial charge in [-0.1, -0.05) is 32.9 Å². The summed E-state index contributed by atoms with van der Waals surface area (Å²) in [6.45, 7) is 6.88. The van der Waals surface area contributed by atoms with Gasteiger partial charge in [0.25, 0.3) is 0 Å². The lowest BCUT2D eigenvalue weighted by Crippen LogP contribution is -2.45. The Bertz CT molecular complexity index is 1410. The number of hydrazine groups is 2. The number of phenols is 1. The first kappa shape index (κ1) is 24.7. The smallest absolute Gasteiger partial charge is 0.143 e. The molecule has 0 saturated heterocycles. The molecule has 2 aliphatic rings. The highest BCUT2D eigenvalue weighted by molar-refractivity contribution is 6.19. The van der Waals surface area contributed by atoms with Gasteiger partial charge in [-0.3, -0.25) is 9.99 Å². The van der Waals surface area contributed by atoms with E-state index in [0.717, 1.165) is 12.8 Å². The van der Waals surface area contributed by atoms with Crippen LogP contribution in [-0.2, 0) is 5.44 Å². The number of hydrogen-bond donors (Lipinski definition) is 5. The minimum Gasteiger partial charge on any atom is -0.506 e. The average Bonchev–Trinajstić information content (AvgIpc) is 3.58. The number of pyridine rings is 1. The molecular formula is C27H29BFN7O. The number of benzene rings is 2. The number of hydrogen-bond acceptors (Lipinski definition) is 8. The second-order valence-electron chi connectivity index (χ2n) is 10.8. The van der Waals surface area contributed by atoms with Gasteiger partial charge in [-0.2, -0.15) is 5.26 Å². The van der Waals surface area contributed by atoms with Crippen molar-refractivity contribution >= 4 is 30.1 Å². The monoisotopic (exact) mass is 497 g/mol. The second-order valence-corrected chi connectivity index (χ2v) is 10.8. The molecule has 188 valence electrons. The molecule has 1 aliphatic heterocycles. The van der Waals surface area contributed by atoms with Crippen LogP contribution in [0.5, 0.6) is 5.75 Å². The summed E-state index contributed by atoms with van der Waals surface area (Å²) in [6.07, 6.45) is 5.52. The molecule has 1 aromatic heterocycles. The third kappa shape index (κ3) is 5.00. The van der Waals surface area contributed by atoms with E-state index in [1.54, 1.807) is 24.3 Å². The van der Waals surface area contributed by atoms with Crippen LogP contribution in [-0.4, -0.2) is 35.5 Å². The molecule has 10 heteroatoms. The lowest BCUT2D eigenvalue weighted by atomic mass is 9.69. The van der Waals surface area contributed by atoms with Gasteiger partial charge in [0.1, 0.15) is 31.0 Å². The highest BCUT2D eigenvalue weighted by Crippen LogP contribution is 2.38. The van der Waals surface area contributed by atoms with Gasteiger partial charge in [-0.05, 0) is 42.0 Å². The topological polar surface area (TPSA) is 108 Å². The Morgan fingerprint density at radius 1 is 1.24 bits per heavy atom. The second kappa shape index (κ2) is 9.16. The summed E-state index contributed by atoms with van der Waals surface area (Å²) in [5.74, 6) is -0.430. The Labute approximate surface area is 216 Å². The van der Waals surface area contributed by atoms with Crippen molar-refractivity contribution in [1.29, 1.82) is 5.26 Å². The van der Waals surface area contributed by atoms with Crippen molar-refractivity contribution in [3.05, 3.63) is 71.4 Å². The van der Waals surface area contributed by atoms with E-state index in [0.29, 0.717) is 51.7 Å². The molecule has 5 N–H and O–H groups in total.